The fraction of sp³-hybridized carbons (Fsp3) is 0.368. The van der Waals surface area contributed by atoms with Crippen molar-refractivity contribution in [2.75, 3.05) is 18.4 Å². The lowest BCUT2D eigenvalue weighted by molar-refractivity contribution is -0.131. The van der Waals surface area contributed by atoms with E-state index in [1.165, 1.54) is 10.8 Å². The Labute approximate surface area is 157 Å². The number of hydrogen-bond acceptors (Lipinski definition) is 4. The van der Waals surface area contributed by atoms with E-state index in [1.54, 1.807) is 42.3 Å². The van der Waals surface area contributed by atoms with Crippen molar-refractivity contribution in [2.24, 2.45) is 0 Å². The molecule has 2 N–H and O–H groups in total. The van der Waals surface area contributed by atoms with Crippen LogP contribution in [-0.2, 0) is 11.3 Å². The number of carbonyl (C=O) groups excluding carboxylic acids is 2. The van der Waals surface area contributed by atoms with Gasteiger partial charge in [0.2, 0.25) is 5.91 Å². The molecule has 0 spiro atoms. The number of anilines is 1. The van der Waals surface area contributed by atoms with Gasteiger partial charge in [0.05, 0.1) is 6.54 Å². The smallest absolute Gasteiger partial charge is 0.341 e. The first-order valence-corrected chi connectivity index (χ1v) is 8.99. The Morgan fingerprint density at radius 3 is 2.74 bits per heavy atom. The molecular formula is C19H23N5O3. The normalized spacial score (nSPS) is 14.6. The number of carbonyl (C=O) groups is 2. The molecule has 1 aliphatic heterocycles. The van der Waals surface area contributed by atoms with Crippen molar-refractivity contribution in [3.63, 3.8) is 0 Å². The molecule has 3 amide bonds. The molecule has 0 unspecified atom stereocenters. The molecule has 142 valence electrons. The fourth-order valence-corrected chi connectivity index (χ4v) is 3.09. The number of hydrogen-bond donors (Lipinski definition) is 2. The van der Waals surface area contributed by atoms with Crippen LogP contribution in [0.25, 0.3) is 0 Å². The van der Waals surface area contributed by atoms with Crippen LogP contribution in [0.3, 0.4) is 0 Å². The molecule has 8 heteroatoms. The predicted octanol–water partition coefficient (Wildman–Crippen LogP) is 1.42. The molecule has 27 heavy (non-hydrogen) atoms. The quantitative estimate of drug-likeness (QED) is 0.833. The van der Waals surface area contributed by atoms with Gasteiger partial charge < -0.3 is 15.5 Å². The van der Waals surface area contributed by atoms with Crippen LogP contribution in [0.5, 0.6) is 0 Å². The van der Waals surface area contributed by atoms with E-state index in [2.05, 4.69) is 15.6 Å². The zero-order valence-electron chi connectivity index (χ0n) is 15.2. The lowest BCUT2D eigenvalue weighted by Gasteiger charge is -2.21. The number of likely N-dealkylation sites (tertiary alicyclic amines) is 1. The zero-order chi connectivity index (χ0) is 19.2. The third kappa shape index (κ3) is 4.93. The molecular weight excluding hydrogens is 346 g/mol. The van der Waals surface area contributed by atoms with Gasteiger partial charge in [0, 0.05) is 31.2 Å². The highest BCUT2D eigenvalue weighted by Gasteiger charge is 2.24. The van der Waals surface area contributed by atoms with Gasteiger partial charge in [-0.2, -0.15) is 0 Å². The van der Waals surface area contributed by atoms with E-state index in [1.807, 2.05) is 6.07 Å². The van der Waals surface area contributed by atoms with Crippen molar-refractivity contribution < 1.29 is 9.59 Å². The van der Waals surface area contributed by atoms with E-state index in [0.29, 0.717) is 12.2 Å². The maximum absolute atomic E-state index is 12.3. The molecule has 0 radical (unpaired) electrons. The maximum atomic E-state index is 12.3. The number of rotatable bonds is 5. The van der Waals surface area contributed by atoms with Crippen molar-refractivity contribution >= 4 is 17.6 Å². The van der Waals surface area contributed by atoms with E-state index in [-0.39, 0.29) is 11.6 Å². The van der Waals surface area contributed by atoms with Crippen LogP contribution in [0.15, 0.2) is 47.5 Å². The summed E-state index contributed by atoms with van der Waals surface area (Å²) in [7, 11) is 0. The summed E-state index contributed by atoms with van der Waals surface area (Å²) >= 11 is 0. The van der Waals surface area contributed by atoms with Crippen molar-refractivity contribution in [1.29, 1.82) is 0 Å². The topological polar surface area (TPSA) is 96.3 Å². The van der Waals surface area contributed by atoms with Crippen molar-refractivity contribution in [2.45, 2.75) is 32.4 Å². The van der Waals surface area contributed by atoms with Gasteiger partial charge in [-0.3, -0.25) is 9.36 Å². The van der Waals surface area contributed by atoms with Crippen molar-refractivity contribution in [3.05, 3.63) is 58.8 Å². The van der Waals surface area contributed by atoms with E-state index in [9.17, 15) is 14.4 Å². The maximum Gasteiger partial charge on any atom is 0.347 e. The van der Waals surface area contributed by atoms with E-state index in [4.69, 9.17) is 0 Å². The fourth-order valence-electron chi connectivity index (χ4n) is 3.09. The molecule has 0 bridgehead atoms. The first kappa shape index (κ1) is 18.6. The second-order valence-electron chi connectivity index (χ2n) is 6.58. The number of nitrogens with zero attached hydrogens (tertiary/aromatic N) is 3. The van der Waals surface area contributed by atoms with Crippen LogP contribution in [0.4, 0.5) is 10.5 Å². The van der Waals surface area contributed by atoms with Crippen LogP contribution in [0.1, 0.15) is 25.3 Å². The van der Waals surface area contributed by atoms with Crippen LogP contribution in [0, 0.1) is 0 Å². The number of aromatic nitrogens is 2. The monoisotopic (exact) mass is 369 g/mol. The third-order valence-electron chi connectivity index (χ3n) is 4.46. The molecule has 1 aliphatic rings. The summed E-state index contributed by atoms with van der Waals surface area (Å²) in [5.74, 6) is -0.0626. The Kier molecular flexibility index (Phi) is 5.85. The Balaban J connectivity index is 1.58. The second-order valence-corrected chi connectivity index (χ2v) is 6.58. The molecule has 2 aromatic rings. The second kappa shape index (κ2) is 8.48. The highest BCUT2D eigenvalue weighted by Crippen LogP contribution is 2.12. The minimum atomic E-state index is -0.583. The summed E-state index contributed by atoms with van der Waals surface area (Å²) in [6, 6.07) is 7.86. The van der Waals surface area contributed by atoms with E-state index < -0.39 is 12.1 Å². The van der Waals surface area contributed by atoms with Gasteiger partial charge in [-0.25, -0.2) is 14.6 Å². The predicted molar refractivity (Wildman–Crippen MR) is 101 cm³/mol. The number of nitrogens with one attached hydrogen (secondary N) is 2. The summed E-state index contributed by atoms with van der Waals surface area (Å²) in [4.78, 5) is 41.7. The molecule has 3 rings (SSSR count). The Morgan fingerprint density at radius 2 is 2.00 bits per heavy atom. The molecule has 2 heterocycles. The van der Waals surface area contributed by atoms with Crippen molar-refractivity contribution in [3.8, 4) is 0 Å². The lowest BCUT2D eigenvalue weighted by atomic mass is 10.2. The Bertz CT molecular complexity index is 873. The van der Waals surface area contributed by atoms with Crippen LogP contribution in [0.2, 0.25) is 0 Å². The molecule has 1 aromatic heterocycles. The summed E-state index contributed by atoms with van der Waals surface area (Å²) in [6.45, 7) is 3.55. The molecule has 1 atom stereocenters. The highest BCUT2D eigenvalue weighted by atomic mass is 16.2. The standard InChI is InChI=1S/C19H23N5O3/c1-14(17(25)23-9-2-3-10-23)21-18(26)22-16-7-4-6-15(12-16)13-24-11-5-8-20-19(24)27/h4-8,11-12,14H,2-3,9-10,13H2,1H3,(H2,21,22,26)/t14-/m1/s1. The number of urea groups is 1. The van der Waals surface area contributed by atoms with E-state index in [0.717, 1.165) is 31.5 Å². The average Bonchev–Trinajstić information content (AvgIpc) is 3.18. The highest BCUT2D eigenvalue weighted by molar-refractivity contribution is 5.93. The first-order valence-electron chi connectivity index (χ1n) is 8.99. The summed E-state index contributed by atoms with van der Waals surface area (Å²) in [6.07, 6.45) is 5.13. The third-order valence-corrected chi connectivity index (χ3v) is 4.46. The lowest BCUT2D eigenvalue weighted by Crippen LogP contribution is -2.47. The molecule has 8 nitrogen and oxygen atoms in total. The largest absolute Gasteiger partial charge is 0.347 e. The number of benzene rings is 1. The molecule has 0 saturated carbocycles. The van der Waals surface area contributed by atoms with Gasteiger partial charge in [-0.1, -0.05) is 12.1 Å². The summed E-state index contributed by atoms with van der Waals surface area (Å²) < 4.78 is 1.48. The minimum Gasteiger partial charge on any atom is -0.341 e. The van der Waals surface area contributed by atoms with Gasteiger partial charge in [-0.05, 0) is 43.5 Å². The van der Waals surface area contributed by atoms with Crippen LogP contribution in [-0.4, -0.2) is 45.5 Å². The van der Waals surface area contributed by atoms with Crippen LogP contribution >= 0.6 is 0 Å². The number of amides is 3. The Hall–Kier alpha value is -3.16. The molecule has 0 aliphatic carbocycles. The summed E-state index contributed by atoms with van der Waals surface area (Å²) in [5, 5.41) is 5.41. The summed E-state index contributed by atoms with van der Waals surface area (Å²) in [5.41, 5.74) is 1.11. The van der Waals surface area contributed by atoms with Gasteiger partial charge in [0.15, 0.2) is 0 Å². The van der Waals surface area contributed by atoms with Gasteiger partial charge >= 0.3 is 11.7 Å². The Morgan fingerprint density at radius 1 is 1.22 bits per heavy atom. The van der Waals surface area contributed by atoms with Gasteiger partial charge in [0.25, 0.3) is 0 Å². The van der Waals surface area contributed by atoms with Gasteiger partial charge in [0.1, 0.15) is 6.04 Å². The van der Waals surface area contributed by atoms with Crippen molar-refractivity contribution in [1.82, 2.24) is 19.8 Å². The SMILES string of the molecule is C[C@@H](NC(=O)Nc1cccc(Cn2cccnc2=O)c1)C(=O)N1CCCC1. The average molecular weight is 369 g/mol. The molecule has 1 fully saturated rings. The molecule has 1 aromatic carbocycles. The minimum absolute atomic E-state index is 0.0626. The first-order chi connectivity index (χ1) is 13.0. The molecule has 1 saturated heterocycles. The van der Waals surface area contributed by atoms with E-state index >= 15 is 0 Å². The van der Waals surface area contributed by atoms with Crippen LogP contribution < -0.4 is 16.3 Å². The zero-order valence-corrected chi connectivity index (χ0v) is 15.2. The van der Waals surface area contributed by atoms with Gasteiger partial charge in [-0.15, -0.1) is 0 Å².